The summed E-state index contributed by atoms with van der Waals surface area (Å²) in [5.74, 6) is 1.10. The van der Waals surface area contributed by atoms with Crippen LogP contribution in [0.15, 0.2) is 29.3 Å². The molecule has 0 aromatic heterocycles. The molecule has 1 aliphatic rings. The standard InChI is InChI=1S/C16H22F3N3O.HI/c1-2-20-15(22-9-3-4-10-22)21-11-13-5-7-14(8-6-13)23-12-16(17,18)19;/h5-8H,2-4,9-12H2,1H3,(H,20,21);1H. The predicted octanol–water partition coefficient (Wildman–Crippen LogP) is 3.81. The van der Waals surface area contributed by atoms with Gasteiger partial charge in [-0.3, -0.25) is 0 Å². The van der Waals surface area contributed by atoms with Crippen molar-refractivity contribution in [1.82, 2.24) is 10.2 Å². The molecule has 1 aliphatic heterocycles. The molecule has 0 amide bonds. The monoisotopic (exact) mass is 457 g/mol. The lowest BCUT2D eigenvalue weighted by Gasteiger charge is -2.20. The van der Waals surface area contributed by atoms with Gasteiger partial charge in [-0.25, -0.2) is 4.99 Å². The van der Waals surface area contributed by atoms with Gasteiger partial charge in [0, 0.05) is 19.6 Å². The molecule has 1 fully saturated rings. The Bertz CT molecular complexity index is 514. The van der Waals surface area contributed by atoms with E-state index in [4.69, 9.17) is 0 Å². The van der Waals surface area contributed by atoms with E-state index in [1.165, 1.54) is 12.8 Å². The number of hydrogen-bond donors (Lipinski definition) is 1. The van der Waals surface area contributed by atoms with Gasteiger partial charge >= 0.3 is 6.18 Å². The van der Waals surface area contributed by atoms with E-state index in [1.807, 2.05) is 6.92 Å². The Morgan fingerprint density at radius 3 is 2.38 bits per heavy atom. The molecule has 1 saturated heterocycles. The smallest absolute Gasteiger partial charge is 0.422 e. The molecule has 0 saturated carbocycles. The van der Waals surface area contributed by atoms with E-state index in [-0.39, 0.29) is 29.7 Å². The third kappa shape index (κ3) is 7.14. The van der Waals surface area contributed by atoms with Crippen LogP contribution in [-0.2, 0) is 6.54 Å². The van der Waals surface area contributed by atoms with Gasteiger partial charge in [-0.2, -0.15) is 13.2 Å². The molecule has 1 N–H and O–H groups in total. The largest absolute Gasteiger partial charge is 0.484 e. The maximum atomic E-state index is 12.1. The Morgan fingerprint density at radius 1 is 1.21 bits per heavy atom. The van der Waals surface area contributed by atoms with Crippen LogP contribution in [0.2, 0.25) is 0 Å². The first-order valence-electron chi connectivity index (χ1n) is 7.79. The minimum Gasteiger partial charge on any atom is -0.484 e. The molecule has 0 bridgehead atoms. The number of halogens is 4. The highest BCUT2D eigenvalue weighted by Crippen LogP contribution is 2.19. The number of likely N-dealkylation sites (tertiary alicyclic amines) is 1. The van der Waals surface area contributed by atoms with Gasteiger partial charge in [-0.05, 0) is 37.5 Å². The lowest BCUT2D eigenvalue weighted by molar-refractivity contribution is -0.153. The number of alkyl halides is 3. The highest BCUT2D eigenvalue weighted by atomic mass is 127. The minimum absolute atomic E-state index is 0. The fourth-order valence-electron chi connectivity index (χ4n) is 2.38. The summed E-state index contributed by atoms with van der Waals surface area (Å²) >= 11 is 0. The van der Waals surface area contributed by atoms with Gasteiger partial charge < -0.3 is 15.0 Å². The average Bonchev–Trinajstić information content (AvgIpc) is 3.04. The molecule has 8 heteroatoms. The second-order valence-electron chi connectivity index (χ2n) is 5.41. The number of hydrogen-bond acceptors (Lipinski definition) is 2. The van der Waals surface area contributed by atoms with Crippen molar-refractivity contribution in [3.63, 3.8) is 0 Å². The van der Waals surface area contributed by atoms with Gasteiger partial charge in [-0.15, -0.1) is 24.0 Å². The van der Waals surface area contributed by atoms with E-state index in [0.29, 0.717) is 6.54 Å². The van der Waals surface area contributed by atoms with Gasteiger partial charge in [0.15, 0.2) is 12.6 Å². The zero-order valence-electron chi connectivity index (χ0n) is 13.6. The normalized spacial score (nSPS) is 15.2. The van der Waals surface area contributed by atoms with Gasteiger partial charge in [0.2, 0.25) is 0 Å². The topological polar surface area (TPSA) is 36.9 Å². The third-order valence-corrected chi connectivity index (χ3v) is 3.48. The molecule has 1 aromatic carbocycles. The summed E-state index contributed by atoms with van der Waals surface area (Å²) in [6.45, 7) is 4.06. The quantitative estimate of drug-likeness (QED) is 0.415. The molecule has 0 spiro atoms. The van der Waals surface area contributed by atoms with E-state index < -0.39 is 12.8 Å². The molecule has 2 rings (SSSR count). The zero-order chi connectivity index (χ0) is 16.7. The molecule has 0 radical (unpaired) electrons. The van der Waals surface area contributed by atoms with Crippen molar-refractivity contribution in [3.8, 4) is 5.75 Å². The van der Waals surface area contributed by atoms with Crippen LogP contribution in [0.4, 0.5) is 13.2 Å². The van der Waals surface area contributed by atoms with Gasteiger partial charge in [0.1, 0.15) is 5.75 Å². The number of ether oxygens (including phenoxy) is 1. The Labute approximate surface area is 157 Å². The Balaban J connectivity index is 0.00000288. The summed E-state index contributed by atoms with van der Waals surface area (Å²) in [4.78, 5) is 6.82. The highest BCUT2D eigenvalue weighted by molar-refractivity contribution is 14.0. The fourth-order valence-corrected chi connectivity index (χ4v) is 2.38. The summed E-state index contributed by atoms with van der Waals surface area (Å²) in [5, 5.41) is 3.27. The molecule has 136 valence electrons. The highest BCUT2D eigenvalue weighted by Gasteiger charge is 2.28. The fraction of sp³-hybridized carbons (Fsp3) is 0.562. The molecular formula is C16H23F3IN3O. The SMILES string of the molecule is CCNC(=NCc1ccc(OCC(F)(F)F)cc1)N1CCCC1.I. The summed E-state index contributed by atoms with van der Waals surface area (Å²) < 4.78 is 41.0. The van der Waals surface area contributed by atoms with Crippen LogP contribution in [0.5, 0.6) is 5.75 Å². The van der Waals surface area contributed by atoms with Crippen molar-refractivity contribution in [2.75, 3.05) is 26.2 Å². The van der Waals surface area contributed by atoms with Crippen LogP contribution in [0.1, 0.15) is 25.3 Å². The van der Waals surface area contributed by atoms with Crippen LogP contribution < -0.4 is 10.1 Å². The summed E-state index contributed by atoms with van der Waals surface area (Å²) in [6, 6.07) is 6.56. The first-order chi connectivity index (χ1) is 11.0. The molecule has 1 aromatic rings. The second kappa shape index (κ2) is 9.95. The van der Waals surface area contributed by atoms with Gasteiger partial charge in [0.05, 0.1) is 6.54 Å². The predicted molar refractivity (Wildman–Crippen MR) is 99.0 cm³/mol. The molecular weight excluding hydrogens is 434 g/mol. The first-order valence-corrected chi connectivity index (χ1v) is 7.79. The molecule has 4 nitrogen and oxygen atoms in total. The van der Waals surface area contributed by atoms with E-state index in [9.17, 15) is 13.2 Å². The van der Waals surface area contributed by atoms with Gasteiger partial charge in [0.25, 0.3) is 0 Å². The number of aliphatic imine (C=N–C) groups is 1. The number of nitrogens with one attached hydrogen (secondary N) is 1. The minimum atomic E-state index is -4.32. The van der Waals surface area contributed by atoms with E-state index >= 15 is 0 Å². The average molecular weight is 457 g/mol. The zero-order valence-corrected chi connectivity index (χ0v) is 15.9. The Kier molecular flexibility index (Phi) is 8.65. The lowest BCUT2D eigenvalue weighted by Crippen LogP contribution is -2.39. The summed E-state index contributed by atoms with van der Waals surface area (Å²) in [7, 11) is 0. The second-order valence-corrected chi connectivity index (χ2v) is 5.41. The van der Waals surface area contributed by atoms with Crippen molar-refractivity contribution >= 4 is 29.9 Å². The maximum absolute atomic E-state index is 12.1. The van der Waals surface area contributed by atoms with Crippen LogP contribution in [0, 0.1) is 0 Å². The van der Waals surface area contributed by atoms with E-state index in [1.54, 1.807) is 24.3 Å². The van der Waals surface area contributed by atoms with Crippen molar-refractivity contribution in [1.29, 1.82) is 0 Å². The molecule has 24 heavy (non-hydrogen) atoms. The summed E-state index contributed by atoms with van der Waals surface area (Å²) in [5.41, 5.74) is 0.930. The lowest BCUT2D eigenvalue weighted by atomic mass is 10.2. The van der Waals surface area contributed by atoms with Crippen LogP contribution in [0.3, 0.4) is 0 Å². The Morgan fingerprint density at radius 2 is 1.83 bits per heavy atom. The van der Waals surface area contributed by atoms with Crippen molar-refractivity contribution < 1.29 is 17.9 Å². The number of rotatable bonds is 5. The number of benzene rings is 1. The molecule has 1 heterocycles. The van der Waals surface area contributed by atoms with E-state index in [0.717, 1.165) is 31.2 Å². The third-order valence-electron chi connectivity index (χ3n) is 3.48. The van der Waals surface area contributed by atoms with Crippen LogP contribution in [-0.4, -0.2) is 43.3 Å². The van der Waals surface area contributed by atoms with Crippen LogP contribution >= 0.6 is 24.0 Å². The van der Waals surface area contributed by atoms with Crippen molar-refractivity contribution in [2.24, 2.45) is 4.99 Å². The van der Waals surface area contributed by atoms with Crippen molar-refractivity contribution in [3.05, 3.63) is 29.8 Å². The number of nitrogens with zero attached hydrogens (tertiary/aromatic N) is 2. The number of guanidine groups is 1. The summed E-state index contributed by atoms with van der Waals surface area (Å²) in [6.07, 6.45) is -1.97. The van der Waals surface area contributed by atoms with Crippen LogP contribution in [0.25, 0.3) is 0 Å². The van der Waals surface area contributed by atoms with Crippen molar-refractivity contribution in [2.45, 2.75) is 32.5 Å². The molecule has 0 atom stereocenters. The van der Waals surface area contributed by atoms with Gasteiger partial charge in [-0.1, -0.05) is 12.1 Å². The maximum Gasteiger partial charge on any atom is 0.422 e. The molecule has 0 unspecified atom stereocenters. The van der Waals surface area contributed by atoms with E-state index in [2.05, 4.69) is 19.9 Å². The Hall–Kier alpha value is -1.19. The molecule has 0 aliphatic carbocycles. The first kappa shape index (κ1) is 20.9.